The number of nitrogens with one attached hydrogen (secondary N) is 1. The first-order valence-corrected chi connectivity index (χ1v) is 11.4. The lowest BCUT2D eigenvalue weighted by molar-refractivity contribution is -0.117. The number of anilines is 1. The number of amidine groups is 1. The predicted molar refractivity (Wildman–Crippen MR) is 139 cm³/mol. The van der Waals surface area contributed by atoms with Crippen LogP contribution in [0.2, 0.25) is 5.02 Å². The number of aryl methyl sites for hydroxylation is 1. The Labute approximate surface area is 210 Å². The van der Waals surface area contributed by atoms with Gasteiger partial charge in [0.15, 0.2) is 0 Å². The zero-order valence-corrected chi connectivity index (χ0v) is 21.5. The fourth-order valence-corrected chi connectivity index (χ4v) is 3.58. The van der Waals surface area contributed by atoms with Crippen molar-refractivity contribution >= 4 is 40.6 Å². The highest BCUT2D eigenvalue weighted by Crippen LogP contribution is 2.28. The Kier molecular flexibility index (Phi) is 10.7. The van der Waals surface area contributed by atoms with E-state index in [1.165, 1.54) is 0 Å². The zero-order chi connectivity index (χ0) is 26.0. The normalized spacial score (nSPS) is 12.0. The van der Waals surface area contributed by atoms with E-state index in [1.807, 2.05) is 27.1 Å². The van der Waals surface area contributed by atoms with Crippen LogP contribution in [0.5, 0.6) is 5.75 Å². The van der Waals surface area contributed by atoms with Gasteiger partial charge in [0.05, 0.1) is 36.5 Å². The number of oxime groups is 1. The first kappa shape index (κ1) is 27.8. The van der Waals surface area contributed by atoms with Gasteiger partial charge in [0.2, 0.25) is 5.91 Å². The first-order valence-electron chi connectivity index (χ1n) is 11.1. The molecule has 0 aliphatic rings. The highest BCUT2D eigenvalue weighted by molar-refractivity contribution is 6.34. The third kappa shape index (κ3) is 9.03. The van der Waals surface area contributed by atoms with Crippen LogP contribution in [0.25, 0.3) is 0 Å². The van der Waals surface area contributed by atoms with Crippen molar-refractivity contribution in [2.45, 2.75) is 26.7 Å². The molecule has 0 fully saturated rings. The maximum atomic E-state index is 12.6. The molecule has 2 aromatic rings. The number of hydrogen-bond donors (Lipinski definition) is 2. The molecule has 10 heteroatoms. The van der Waals surface area contributed by atoms with Gasteiger partial charge in [-0.15, -0.1) is 0 Å². The number of methoxy groups -OCH3 is 1. The number of benzene rings is 2. The number of nitrogens with zero attached hydrogens (tertiary/aromatic N) is 3. The molecule has 0 saturated heterocycles. The van der Waals surface area contributed by atoms with E-state index in [1.54, 1.807) is 49.3 Å². The number of rotatable bonds is 11. The molecule has 0 aliphatic carbocycles. The van der Waals surface area contributed by atoms with Crippen molar-refractivity contribution in [1.29, 1.82) is 0 Å². The number of nitrogens with two attached hydrogens (primary N) is 1. The molecule has 35 heavy (non-hydrogen) atoms. The Morgan fingerprint density at radius 2 is 1.86 bits per heavy atom. The van der Waals surface area contributed by atoms with E-state index in [9.17, 15) is 9.59 Å². The maximum absolute atomic E-state index is 12.6. The van der Waals surface area contributed by atoms with Crippen molar-refractivity contribution in [2.75, 3.05) is 39.7 Å². The summed E-state index contributed by atoms with van der Waals surface area (Å²) in [6.45, 7) is 4.25. The minimum atomic E-state index is -0.452. The molecule has 188 valence electrons. The van der Waals surface area contributed by atoms with Gasteiger partial charge in [-0.25, -0.2) is 4.99 Å². The largest absolute Gasteiger partial charge is 0.497 e. The van der Waals surface area contributed by atoms with Crippen LogP contribution in [0.4, 0.5) is 5.69 Å². The molecule has 0 bridgehead atoms. The Balaban J connectivity index is 2.11. The highest BCUT2D eigenvalue weighted by Gasteiger charge is 2.14. The third-order valence-electron chi connectivity index (χ3n) is 4.77. The SMILES string of the molecule is CCO/N=C(/CC(=O)N=C(N)Cc1cc(C)c(NC(=O)CN(C)C)c(Cl)c1)c1ccc(OC)cc1. The van der Waals surface area contributed by atoms with E-state index in [0.29, 0.717) is 28.8 Å². The van der Waals surface area contributed by atoms with Crippen LogP contribution in [-0.4, -0.2) is 62.6 Å². The highest BCUT2D eigenvalue weighted by atomic mass is 35.5. The van der Waals surface area contributed by atoms with E-state index in [2.05, 4.69) is 15.5 Å². The predicted octanol–water partition coefficient (Wildman–Crippen LogP) is 3.41. The van der Waals surface area contributed by atoms with E-state index in [0.717, 1.165) is 16.7 Å². The molecule has 0 atom stereocenters. The number of likely N-dealkylation sites (N-methyl/N-ethyl adjacent to an activating group) is 1. The van der Waals surface area contributed by atoms with Crippen LogP contribution < -0.4 is 15.8 Å². The van der Waals surface area contributed by atoms with E-state index < -0.39 is 5.91 Å². The second-order valence-corrected chi connectivity index (χ2v) is 8.50. The molecule has 0 unspecified atom stereocenters. The summed E-state index contributed by atoms with van der Waals surface area (Å²) in [4.78, 5) is 35.6. The van der Waals surface area contributed by atoms with Crippen LogP contribution >= 0.6 is 11.6 Å². The molecule has 3 N–H and O–H groups in total. The van der Waals surface area contributed by atoms with Gasteiger partial charge in [0.25, 0.3) is 5.91 Å². The number of amides is 2. The lowest BCUT2D eigenvalue weighted by atomic mass is 10.1. The number of aliphatic imine (C=N–C) groups is 1. The van der Waals surface area contributed by atoms with Gasteiger partial charge in [-0.05, 0) is 69.4 Å². The second kappa shape index (κ2) is 13.5. The monoisotopic (exact) mass is 501 g/mol. The molecule has 0 saturated carbocycles. The van der Waals surface area contributed by atoms with Crippen LogP contribution in [0, 0.1) is 6.92 Å². The number of carbonyl (C=O) groups excluding carboxylic acids is 2. The number of ether oxygens (including phenoxy) is 1. The summed E-state index contributed by atoms with van der Waals surface area (Å²) in [5.41, 5.74) is 9.31. The molecule has 2 amide bonds. The van der Waals surface area contributed by atoms with Crippen molar-refractivity contribution in [3.8, 4) is 5.75 Å². The molecule has 2 aromatic carbocycles. The van der Waals surface area contributed by atoms with Crippen LogP contribution in [0.3, 0.4) is 0 Å². The average molecular weight is 502 g/mol. The summed E-state index contributed by atoms with van der Waals surface area (Å²) < 4.78 is 5.17. The van der Waals surface area contributed by atoms with Gasteiger partial charge in [-0.3, -0.25) is 9.59 Å². The molecule has 0 aliphatic heterocycles. The fourth-order valence-electron chi connectivity index (χ4n) is 3.25. The van der Waals surface area contributed by atoms with Gasteiger partial charge in [-0.2, -0.15) is 0 Å². The molecule has 0 spiro atoms. The summed E-state index contributed by atoms with van der Waals surface area (Å²) in [5.74, 6) is 0.212. The summed E-state index contributed by atoms with van der Waals surface area (Å²) in [6, 6.07) is 10.7. The smallest absolute Gasteiger partial charge is 0.253 e. The Morgan fingerprint density at radius 1 is 1.17 bits per heavy atom. The second-order valence-electron chi connectivity index (χ2n) is 8.09. The number of carbonyl (C=O) groups is 2. The topological polar surface area (TPSA) is 119 Å². The fraction of sp³-hybridized carbons (Fsp3) is 0.360. The summed E-state index contributed by atoms with van der Waals surface area (Å²) in [5, 5.41) is 7.27. The van der Waals surface area contributed by atoms with E-state index in [4.69, 9.17) is 26.9 Å². The third-order valence-corrected chi connectivity index (χ3v) is 5.07. The van der Waals surface area contributed by atoms with Gasteiger partial charge in [0.1, 0.15) is 18.2 Å². The number of hydrogen-bond acceptors (Lipinski definition) is 6. The molecule has 9 nitrogen and oxygen atoms in total. The maximum Gasteiger partial charge on any atom is 0.253 e. The quantitative estimate of drug-likeness (QED) is 0.276. The van der Waals surface area contributed by atoms with Gasteiger partial charge < -0.3 is 25.5 Å². The molecular weight excluding hydrogens is 470 g/mol. The van der Waals surface area contributed by atoms with Crippen molar-refractivity contribution in [3.63, 3.8) is 0 Å². The standard InChI is InChI=1S/C25H32ClN5O4/c1-6-35-30-21(18-7-9-19(34-5)10-8-18)14-23(32)28-22(27)13-17-11-16(2)25(20(26)12-17)29-24(33)15-31(3)4/h7-12H,6,13-15H2,1-5H3,(H,29,33)(H2,27,28,32)/b30-21-. The summed E-state index contributed by atoms with van der Waals surface area (Å²) in [7, 11) is 5.20. The van der Waals surface area contributed by atoms with Crippen LogP contribution in [-0.2, 0) is 20.8 Å². The van der Waals surface area contributed by atoms with Crippen LogP contribution in [0.1, 0.15) is 30.0 Å². The summed E-state index contributed by atoms with van der Waals surface area (Å²) >= 11 is 6.40. The van der Waals surface area contributed by atoms with Crippen molar-refractivity contribution in [1.82, 2.24) is 4.90 Å². The first-order chi connectivity index (χ1) is 16.6. The molecular formula is C25H32ClN5O4. The average Bonchev–Trinajstić information content (AvgIpc) is 2.78. The lowest BCUT2D eigenvalue weighted by Gasteiger charge is -2.14. The Morgan fingerprint density at radius 3 is 2.43 bits per heavy atom. The van der Waals surface area contributed by atoms with Gasteiger partial charge in [-0.1, -0.05) is 22.8 Å². The lowest BCUT2D eigenvalue weighted by Crippen LogP contribution is -2.27. The molecule has 0 heterocycles. The van der Waals surface area contributed by atoms with E-state index >= 15 is 0 Å². The van der Waals surface area contributed by atoms with Gasteiger partial charge in [0, 0.05) is 12.0 Å². The van der Waals surface area contributed by atoms with Gasteiger partial charge >= 0.3 is 0 Å². The van der Waals surface area contributed by atoms with E-state index in [-0.39, 0.29) is 31.1 Å². The van der Waals surface area contributed by atoms with Crippen molar-refractivity contribution < 1.29 is 19.2 Å². The van der Waals surface area contributed by atoms with Crippen molar-refractivity contribution in [3.05, 3.63) is 58.1 Å². The minimum absolute atomic E-state index is 0.0797. The molecule has 2 rings (SSSR count). The summed E-state index contributed by atoms with van der Waals surface area (Å²) in [6.07, 6.45) is 0.141. The Hall–Kier alpha value is -3.43. The minimum Gasteiger partial charge on any atom is -0.497 e. The zero-order valence-electron chi connectivity index (χ0n) is 20.7. The van der Waals surface area contributed by atoms with Crippen LogP contribution in [0.15, 0.2) is 46.5 Å². The molecule has 0 aromatic heterocycles. The van der Waals surface area contributed by atoms with Crippen molar-refractivity contribution in [2.24, 2.45) is 15.9 Å². The Bertz CT molecular complexity index is 1070. The number of halogens is 1. The molecule has 0 radical (unpaired) electrons.